The van der Waals surface area contributed by atoms with E-state index in [2.05, 4.69) is 31.3 Å². The van der Waals surface area contributed by atoms with Gasteiger partial charge in [0, 0.05) is 18.8 Å². The minimum atomic E-state index is -0.960. The molecule has 1 rings (SSSR count). The van der Waals surface area contributed by atoms with Crippen LogP contribution in [0.2, 0.25) is 0 Å². The van der Waals surface area contributed by atoms with Crippen molar-refractivity contribution in [3.8, 4) is 0 Å². The van der Waals surface area contributed by atoms with Crippen LogP contribution in [0, 0.1) is 11.8 Å². The fraction of sp³-hybridized carbons (Fsp3) is 0.750. The molecule has 0 aromatic carbocycles. The number of hydrogen-bond acceptors (Lipinski definition) is 6. The van der Waals surface area contributed by atoms with Gasteiger partial charge in [-0.25, -0.2) is 0 Å². The molecule has 1 aliphatic carbocycles. The Bertz CT molecular complexity index is 810. The summed E-state index contributed by atoms with van der Waals surface area (Å²) in [4.78, 5) is 12.4. The van der Waals surface area contributed by atoms with Crippen LogP contribution in [-0.2, 0) is 4.79 Å². The SMILES string of the molecule is CCC/C=C\CCCCCCCC/C=C/[C@@H](O)[C@H](CO)NC(=O)C/C=C\C[C@H]1[C@@H](/C=C/[C@H](O)CCCCC)[C@H](O)C[C@@H]1O. The molecule has 7 heteroatoms. The first-order valence-electron chi connectivity index (χ1n) is 17.1. The molecule has 0 aliphatic heterocycles. The van der Waals surface area contributed by atoms with Crippen LogP contribution < -0.4 is 5.32 Å². The number of aliphatic hydroxyl groups excluding tert-OH is 5. The zero-order valence-corrected chi connectivity index (χ0v) is 27.0. The van der Waals surface area contributed by atoms with Crippen LogP contribution in [0.15, 0.2) is 48.6 Å². The molecule has 0 spiro atoms. The van der Waals surface area contributed by atoms with E-state index in [-0.39, 0.29) is 30.8 Å². The standard InChI is InChI=1S/C36H63NO6/c1-3-5-7-8-9-10-11-12-13-14-15-16-18-23-33(40)32(28-38)37-36(43)24-20-19-22-30-31(35(42)27-34(30)41)26-25-29(39)21-17-6-4-2/h7-8,18-20,23,25-26,29-35,38-42H,3-6,9-17,21-22,24,27-28H2,1-2H3,(H,37,43)/b8-7-,20-19-,23-18+,26-25+/t29-,30+,31-,32+,33-,34+,35-/m1/s1. The van der Waals surface area contributed by atoms with Gasteiger partial charge in [-0.1, -0.05) is 114 Å². The van der Waals surface area contributed by atoms with Crippen molar-refractivity contribution in [2.24, 2.45) is 11.8 Å². The predicted octanol–water partition coefficient (Wildman–Crippen LogP) is 6.05. The molecule has 0 saturated heterocycles. The summed E-state index contributed by atoms with van der Waals surface area (Å²) in [6.45, 7) is 3.95. The number of rotatable bonds is 25. The normalized spacial score (nSPS) is 23.2. The summed E-state index contributed by atoms with van der Waals surface area (Å²) in [5, 5.41) is 53.9. The van der Waals surface area contributed by atoms with Gasteiger partial charge in [0.25, 0.3) is 0 Å². The molecule has 1 amide bonds. The van der Waals surface area contributed by atoms with Crippen molar-refractivity contribution < 1.29 is 30.3 Å². The monoisotopic (exact) mass is 605 g/mol. The highest BCUT2D eigenvalue weighted by molar-refractivity contribution is 5.77. The lowest BCUT2D eigenvalue weighted by Crippen LogP contribution is -2.44. The summed E-state index contributed by atoms with van der Waals surface area (Å²) >= 11 is 0. The lowest BCUT2D eigenvalue weighted by molar-refractivity contribution is -0.122. The number of aliphatic hydroxyl groups is 5. The molecule has 0 radical (unpaired) electrons. The van der Waals surface area contributed by atoms with Gasteiger partial charge in [0.1, 0.15) is 0 Å². The van der Waals surface area contributed by atoms with E-state index >= 15 is 0 Å². The van der Waals surface area contributed by atoms with E-state index in [1.807, 2.05) is 18.2 Å². The highest BCUT2D eigenvalue weighted by atomic mass is 16.3. The van der Waals surface area contributed by atoms with Crippen molar-refractivity contribution in [3.63, 3.8) is 0 Å². The maximum absolute atomic E-state index is 12.4. The zero-order chi connectivity index (χ0) is 31.7. The van der Waals surface area contributed by atoms with Crippen LogP contribution in [0.4, 0.5) is 0 Å². The molecule has 43 heavy (non-hydrogen) atoms. The molecular formula is C36H63NO6. The lowest BCUT2D eigenvalue weighted by atomic mass is 9.89. The second-order valence-electron chi connectivity index (χ2n) is 12.2. The van der Waals surface area contributed by atoms with Gasteiger partial charge in [-0.2, -0.15) is 0 Å². The molecule has 1 aliphatic rings. The van der Waals surface area contributed by atoms with Crippen molar-refractivity contribution in [1.82, 2.24) is 5.32 Å². The first-order valence-corrected chi connectivity index (χ1v) is 17.1. The van der Waals surface area contributed by atoms with E-state index in [0.29, 0.717) is 19.3 Å². The molecule has 6 N–H and O–H groups in total. The number of amides is 1. The van der Waals surface area contributed by atoms with Crippen LogP contribution in [0.3, 0.4) is 0 Å². The second kappa shape index (κ2) is 25.5. The third-order valence-electron chi connectivity index (χ3n) is 8.36. The molecule has 0 unspecified atom stereocenters. The van der Waals surface area contributed by atoms with E-state index in [0.717, 1.165) is 38.5 Å². The van der Waals surface area contributed by atoms with E-state index in [1.165, 1.54) is 44.9 Å². The zero-order valence-electron chi connectivity index (χ0n) is 27.0. The summed E-state index contributed by atoms with van der Waals surface area (Å²) in [6.07, 6.45) is 28.8. The third kappa shape index (κ3) is 18.6. The highest BCUT2D eigenvalue weighted by Crippen LogP contribution is 2.36. The fourth-order valence-electron chi connectivity index (χ4n) is 5.61. The summed E-state index contributed by atoms with van der Waals surface area (Å²) in [5.74, 6) is -0.747. The molecule has 0 heterocycles. The summed E-state index contributed by atoms with van der Waals surface area (Å²) < 4.78 is 0. The fourth-order valence-corrected chi connectivity index (χ4v) is 5.61. The van der Waals surface area contributed by atoms with Crippen molar-refractivity contribution in [3.05, 3.63) is 48.6 Å². The number of carbonyl (C=O) groups is 1. The average Bonchev–Trinajstić information content (AvgIpc) is 3.26. The topological polar surface area (TPSA) is 130 Å². The van der Waals surface area contributed by atoms with Gasteiger partial charge < -0.3 is 30.8 Å². The molecular weight excluding hydrogens is 542 g/mol. The average molecular weight is 606 g/mol. The highest BCUT2D eigenvalue weighted by Gasteiger charge is 2.39. The maximum atomic E-state index is 12.4. The van der Waals surface area contributed by atoms with Crippen molar-refractivity contribution in [2.75, 3.05) is 6.61 Å². The van der Waals surface area contributed by atoms with Gasteiger partial charge >= 0.3 is 0 Å². The first kappa shape index (κ1) is 39.3. The molecule has 7 nitrogen and oxygen atoms in total. The van der Waals surface area contributed by atoms with Gasteiger partial charge in [0.2, 0.25) is 5.91 Å². The number of carbonyl (C=O) groups excluding carboxylic acids is 1. The van der Waals surface area contributed by atoms with E-state index in [4.69, 9.17) is 0 Å². The predicted molar refractivity (Wildman–Crippen MR) is 176 cm³/mol. The largest absolute Gasteiger partial charge is 0.394 e. The molecule has 0 aromatic heterocycles. The molecule has 7 atom stereocenters. The van der Waals surface area contributed by atoms with Gasteiger partial charge in [-0.15, -0.1) is 0 Å². The number of hydrogen-bond donors (Lipinski definition) is 6. The van der Waals surface area contributed by atoms with E-state index < -0.39 is 30.5 Å². The van der Waals surface area contributed by atoms with Crippen molar-refractivity contribution in [2.45, 2.75) is 153 Å². The minimum Gasteiger partial charge on any atom is -0.394 e. The first-order chi connectivity index (χ1) is 20.8. The Labute approximate surface area is 261 Å². The minimum absolute atomic E-state index is 0.0873. The van der Waals surface area contributed by atoms with Gasteiger partial charge in [0.05, 0.1) is 37.1 Å². The number of allylic oxidation sites excluding steroid dienone is 4. The van der Waals surface area contributed by atoms with Crippen LogP contribution in [-0.4, -0.2) is 68.5 Å². The lowest BCUT2D eigenvalue weighted by Gasteiger charge is -2.20. The second-order valence-corrected chi connectivity index (χ2v) is 12.2. The number of nitrogens with one attached hydrogen (secondary N) is 1. The summed E-state index contributed by atoms with van der Waals surface area (Å²) in [5.41, 5.74) is 0. The Hall–Kier alpha value is -1.77. The van der Waals surface area contributed by atoms with Gasteiger partial charge in [0.15, 0.2) is 0 Å². The Kier molecular flexibility index (Phi) is 23.3. The Morgan fingerprint density at radius 3 is 2.14 bits per heavy atom. The van der Waals surface area contributed by atoms with Gasteiger partial charge in [-0.3, -0.25) is 4.79 Å². The van der Waals surface area contributed by atoms with Crippen molar-refractivity contribution >= 4 is 5.91 Å². The smallest absolute Gasteiger partial charge is 0.224 e. The molecule has 0 bridgehead atoms. The van der Waals surface area contributed by atoms with Crippen LogP contribution in [0.5, 0.6) is 0 Å². The molecule has 1 fully saturated rings. The molecule has 1 saturated carbocycles. The van der Waals surface area contributed by atoms with Gasteiger partial charge in [-0.05, 0) is 50.9 Å². The van der Waals surface area contributed by atoms with Crippen LogP contribution >= 0.6 is 0 Å². The van der Waals surface area contributed by atoms with Crippen LogP contribution in [0.1, 0.15) is 123 Å². The Morgan fingerprint density at radius 2 is 1.47 bits per heavy atom. The Morgan fingerprint density at radius 1 is 0.791 bits per heavy atom. The summed E-state index contributed by atoms with van der Waals surface area (Å²) in [6, 6.07) is -0.770. The maximum Gasteiger partial charge on any atom is 0.224 e. The Balaban J connectivity index is 2.32. The van der Waals surface area contributed by atoms with Crippen molar-refractivity contribution in [1.29, 1.82) is 0 Å². The molecule has 0 aromatic rings. The van der Waals surface area contributed by atoms with Crippen LogP contribution in [0.25, 0.3) is 0 Å². The van der Waals surface area contributed by atoms with E-state index in [1.54, 1.807) is 18.2 Å². The summed E-state index contributed by atoms with van der Waals surface area (Å²) in [7, 11) is 0. The quantitative estimate of drug-likeness (QED) is 0.0555. The number of unbranched alkanes of at least 4 members (excludes halogenated alkanes) is 10. The molecule has 248 valence electrons. The van der Waals surface area contributed by atoms with E-state index in [9.17, 15) is 30.3 Å². The third-order valence-corrected chi connectivity index (χ3v) is 8.36.